The number of phenols is 2. The molecule has 0 fully saturated rings. The molecule has 0 heterocycles. The van der Waals surface area contributed by atoms with E-state index in [2.05, 4.69) is 20.6 Å². The molecule has 0 unspecified atom stereocenters. The molecule has 0 amide bonds. The van der Waals surface area contributed by atoms with Crippen LogP contribution in [0.1, 0.15) is 43.0 Å². The van der Waals surface area contributed by atoms with E-state index in [9.17, 15) is 63.7 Å². The largest absolute Gasteiger partial charge is 0.507 e. The number of hydrogen-bond acceptors (Lipinski definition) is 8. The summed E-state index contributed by atoms with van der Waals surface area (Å²) in [6.07, 6.45) is 0.834. The third-order valence-corrected chi connectivity index (χ3v) is 7.32. The van der Waals surface area contributed by atoms with Crippen LogP contribution in [0.15, 0.2) is 34.3 Å². The van der Waals surface area contributed by atoms with Crippen LogP contribution in [0.2, 0.25) is 0 Å². The third kappa shape index (κ3) is 6.07. The zero-order chi connectivity index (χ0) is 36.6. The van der Waals surface area contributed by atoms with E-state index >= 15 is 0 Å². The third-order valence-electron chi connectivity index (χ3n) is 7.32. The topological polar surface area (TPSA) is 123 Å². The minimum absolute atomic E-state index is 0.0481. The molecule has 4 aromatic carbocycles. The molecule has 0 saturated heterocycles. The van der Waals surface area contributed by atoms with Gasteiger partial charge >= 0.3 is 0 Å². The van der Waals surface area contributed by atoms with Crippen molar-refractivity contribution in [3.8, 4) is 11.5 Å². The second-order valence-electron chi connectivity index (χ2n) is 10.3. The molecule has 260 valence electrons. The lowest BCUT2D eigenvalue weighted by atomic mass is 9.81. The van der Waals surface area contributed by atoms with Crippen molar-refractivity contribution in [3.63, 3.8) is 0 Å². The Morgan fingerprint density at radius 1 is 0.480 bits per heavy atom. The molecular formula is C32H18F10N4O4. The number of benzene rings is 4. The van der Waals surface area contributed by atoms with Crippen LogP contribution < -0.4 is 10.6 Å². The number of phenolic OH excluding ortho intramolecular Hbond substituents is 2. The molecule has 4 N–H and O–H groups in total. The summed E-state index contributed by atoms with van der Waals surface area (Å²) in [7, 11) is 0. The highest BCUT2D eigenvalue weighted by molar-refractivity contribution is 6.33. The monoisotopic (exact) mass is 712 g/mol. The summed E-state index contributed by atoms with van der Waals surface area (Å²) in [6.45, 7) is -1.20. The van der Waals surface area contributed by atoms with Crippen molar-refractivity contribution in [1.82, 2.24) is 0 Å². The molecule has 1 aliphatic carbocycles. The Bertz CT molecular complexity index is 1950. The van der Waals surface area contributed by atoms with Gasteiger partial charge in [-0.2, -0.15) is 0 Å². The van der Waals surface area contributed by atoms with E-state index in [4.69, 9.17) is 0 Å². The lowest BCUT2D eigenvalue weighted by molar-refractivity contribution is 0.0975. The van der Waals surface area contributed by atoms with Crippen molar-refractivity contribution in [3.05, 3.63) is 116 Å². The number of nitrogens with zero attached hydrogens (tertiary/aromatic N) is 2. The maximum absolute atomic E-state index is 13.9. The van der Waals surface area contributed by atoms with Gasteiger partial charge in [-0.3, -0.25) is 19.6 Å². The van der Waals surface area contributed by atoms with Crippen molar-refractivity contribution in [1.29, 1.82) is 0 Å². The van der Waals surface area contributed by atoms with Crippen molar-refractivity contribution in [2.75, 3.05) is 36.8 Å². The molecule has 8 nitrogen and oxygen atoms in total. The van der Waals surface area contributed by atoms with Gasteiger partial charge in [0, 0.05) is 36.9 Å². The first-order valence-corrected chi connectivity index (χ1v) is 14.0. The van der Waals surface area contributed by atoms with Gasteiger partial charge < -0.3 is 20.8 Å². The summed E-state index contributed by atoms with van der Waals surface area (Å²) >= 11 is 0. The van der Waals surface area contributed by atoms with E-state index in [-0.39, 0.29) is 48.7 Å². The normalized spacial score (nSPS) is 12.6. The Labute approximate surface area is 273 Å². The Hall–Kier alpha value is -5.94. The number of nitrogens with one attached hydrogen (secondary N) is 2. The summed E-state index contributed by atoms with van der Waals surface area (Å²) in [4.78, 5) is 34.5. The molecule has 4 aromatic rings. The average molecular weight is 713 g/mol. The lowest BCUT2D eigenvalue weighted by Gasteiger charge is -2.24. The highest BCUT2D eigenvalue weighted by Gasteiger charge is 2.38. The molecule has 0 radical (unpaired) electrons. The van der Waals surface area contributed by atoms with Crippen LogP contribution in [0.4, 0.5) is 55.3 Å². The number of anilines is 2. The molecule has 50 heavy (non-hydrogen) atoms. The molecule has 0 aromatic heterocycles. The molecule has 18 heteroatoms. The first-order valence-electron chi connectivity index (χ1n) is 14.0. The van der Waals surface area contributed by atoms with Gasteiger partial charge in [-0.1, -0.05) is 0 Å². The number of aromatic hydroxyl groups is 2. The Balaban J connectivity index is 1.39. The van der Waals surface area contributed by atoms with Crippen LogP contribution >= 0.6 is 0 Å². The Kier molecular flexibility index (Phi) is 9.82. The Morgan fingerprint density at radius 3 is 1.10 bits per heavy atom. The molecule has 1 aliphatic rings. The smallest absolute Gasteiger partial charge is 0.200 e. The number of carbonyl (C=O) groups is 2. The summed E-state index contributed by atoms with van der Waals surface area (Å²) in [5.41, 5.74) is -4.43. The number of rotatable bonds is 10. The zero-order valence-electron chi connectivity index (χ0n) is 24.7. The fourth-order valence-corrected chi connectivity index (χ4v) is 4.95. The van der Waals surface area contributed by atoms with Crippen LogP contribution in [-0.4, -0.2) is 60.4 Å². The van der Waals surface area contributed by atoms with E-state index in [1.54, 1.807) is 0 Å². The quantitative estimate of drug-likeness (QED) is 0.0336. The van der Waals surface area contributed by atoms with Gasteiger partial charge in [0.15, 0.2) is 46.5 Å². The lowest BCUT2D eigenvalue weighted by Crippen LogP contribution is -2.25. The van der Waals surface area contributed by atoms with Crippen LogP contribution in [0, 0.1) is 58.2 Å². The van der Waals surface area contributed by atoms with Crippen molar-refractivity contribution < 1.29 is 63.7 Å². The van der Waals surface area contributed by atoms with Crippen molar-refractivity contribution >= 4 is 35.4 Å². The van der Waals surface area contributed by atoms with Gasteiger partial charge in [0.2, 0.25) is 23.2 Å². The van der Waals surface area contributed by atoms with Crippen LogP contribution in [0.25, 0.3) is 0 Å². The maximum atomic E-state index is 13.9. The first kappa shape index (κ1) is 35.4. The number of aliphatic imine (C=N–C) groups is 2. The highest BCUT2D eigenvalue weighted by Crippen LogP contribution is 2.42. The van der Waals surface area contributed by atoms with E-state index in [0.29, 0.717) is 12.4 Å². The van der Waals surface area contributed by atoms with Crippen molar-refractivity contribution in [2.45, 2.75) is 0 Å². The number of fused-ring (bicyclic) bond motifs is 2. The number of carbonyl (C=O) groups excluding carboxylic acids is 2. The minimum Gasteiger partial charge on any atom is -0.507 e. The summed E-state index contributed by atoms with van der Waals surface area (Å²) in [5.74, 6) is -25.0. The fraction of sp³-hybridized carbons (Fsp3) is 0.125. The summed E-state index contributed by atoms with van der Waals surface area (Å²) in [6, 6.07) is 4.50. The van der Waals surface area contributed by atoms with Gasteiger partial charge in [0.1, 0.15) is 11.5 Å². The predicted octanol–water partition coefficient (Wildman–Crippen LogP) is 6.33. The molecule has 0 atom stereocenters. The standard InChI is InChI=1S/C32H18F10N4O4/c33-21-11(22(34)26(38)29(41)25(21)37)9-43-5-7-45-13-1-2-14(18-17(13)31(49)19-15(47)3-4-16(48)20(19)32(18)50)46-8-6-44-10-12-23(35)27(39)30(42)28(40)24(12)36/h1-4,9-10,45-48H,5-8H2. The van der Waals surface area contributed by atoms with Gasteiger partial charge in [-0.05, 0) is 24.3 Å². The second kappa shape index (κ2) is 13.9. The number of ketones is 2. The van der Waals surface area contributed by atoms with E-state index in [1.165, 1.54) is 12.1 Å². The second-order valence-corrected chi connectivity index (χ2v) is 10.3. The van der Waals surface area contributed by atoms with Gasteiger partial charge in [0.05, 0.1) is 46.5 Å². The summed E-state index contributed by atoms with van der Waals surface area (Å²) in [5, 5.41) is 26.2. The van der Waals surface area contributed by atoms with E-state index in [0.717, 1.165) is 12.1 Å². The summed E-state index contributed by atoms with van der Waals surface area (Å²) < 4.78 is 136. The molecule has 0 aliphatic heterocycles. The number of halogens is 10. The minimum atomic E-state index is -2.35. The Morgan fingerprint density at radius 2 is 0.780 bits per heavy atom. The molecule has 0 spiro atoms. The molecule has 0 bridgehead atoms. The first-order chi connectivity index (χ1) is 23.7. The van der Waals surface area contributed by atoms with Crippen molar-refractivity contribution in [2.24, 2.45) is 9.98 Å². The van der Waals surface area contributed by atoms with Gasteiger partial charge in [0.25, 0.3) is 0 Å². The van der Waals surface area contributed by atoms with E-state index < -0.39 is 103 Å². The van der Waals surface area contributed by atoms with Crippen LogP contribution in [-0.2, 0) is 0 Å². The SMILES string of the molecule is O=C1c2c(O)ccc(O)c2C(=O)c2c(NCCN=Cc3c(F)c(F)c(F)c(F)c3F)ccc(NCCN=Cc3c(F)c(F)c(F)c(F)c3F)c21. The van der Waals surface area contributed by atoms with Crippen LogP contribution in [0.3, 0.4) is 0 Å². The average Bonchev–Trinajstić information content (AvgIpc) is 3.10. The zero-order valence-corrected chi connectivity index (χ0v) is 24.7. The predicted molar refractivity (Wildman–Crippen MR) is 157 cm³/mol. The molecule has 0 saturated carbocycles. The molecule has 5 rings (SSSR count). The van der Waals surface area contributed by atoms with Crippen LogP contribution in [0.5, 0.6) is 11.5 Å². The van der Waals surface area contributed by atoms with Gasteiger partial charge in [-0.25, -0.2) is 43.9 Å². The fourth-order valence-electron chi connectivity index (χ4n) is 4.95. The maximum Gasteiger partial charge on any atom is 0.200 e. The van der Waals surface area contributed by atoms with Gasteiger partial charge in [-0.15, -0.1) is 0 Å². The van der Waals surface area contributed by atoms with E-state index in [1.807, 2.05) is 0 Å². The number of hydrogen-bond donors (Lipinski definition) is 4. The highest BCUT2D eigenvalue weighted by atomic mass is 19.2. The molecular weight excluding hydrogens is 694 g/mol.